The molecule has 0 bridgehead atoms. The van der Waals surface area contributed by atoms with Gasteiger partial charge in [-0.15, -0.1) is 11.3 Å². The molecular formula is C8H8ClN3S. The average molecular weight is 214 g/mol. The van der Waals surface area contributed by atoms with Gasteiger partial charge in [-0.2, -0.15) is 0 Å². The Morgan fingerprint density at radius 2 is 2.38 bits per heavy atom. The van der Waals surface area contributed by atoms with Gasteiger partial charge < -0.3 is 10.3 Å². The Morgan fingerprint density at radius 3 is 2.92 bits per heavy atom. The molecule has 0 aromatic carbocycles. The van der Waals surface area contributed by atoms with E-state index in [1.807, 2.05) is 16.7 Å². The van der Waals surface area contributed by atoms with Gasteiger partial charge in [0.25, 0.3) is 0 Å². The van der Waals surface area contributed by atoms with E-state index < -0.39 is 0 Å². The van der Waals surface area contributed by atoms with E-state index >= 15 is 0 Å². The molecule has 0 unspecified atom stereocenters. The van der Waals surface area contributed by atoms with Crippen molar-refractivity contribution in [2.24, 2.45) is 0 Å². The smallest absolute Gasteiger partial charge is 0.141 e. The fourth-order valence-corrected chi connectivity index (χ4v) is 2.18. The molecule has 0 spiro atoms. The number of hydrogen-bond donors (Lipinski definition) is 1. The van der Waals surface area contributed by atoms with E-state index in [9.17, 15) is 0 Å². The molecule has 13 heavy (non-hydrogen) atoms. The zero-order valence-electron chi connectivity index (χ0n) is 6.77. The summed E-state index contributed by atoms with van der Waals surface area (Å²) in [7, 11) is 0. The van der Waals surface area contributed by atoms with Gasteiger partial charge in [0.15, 0.2) is 0 Å². The molecule has 0 atom stereocenters. The Morgan fingerprint density at radius 1 is 1.54 bits per heavy atom. The monoisotopic (exact) mass is 213 g/mol. The van der Waals surface area contributed by atoms with Crippen LogP contribution in [0.2, 0.25) is 4.34 Å². The van der Waals surface area contributed by atoms with Crippen molar-refractivity contribution in [1.29, 1.82) is 0 Å². The summed E-state index contributed by atoms with van der Waals surface area (Å²) in [6.45, 7) is 0.779. The fraction of sp³-hybridized carbons (Fsp3) is 0.125. The molecule has 0 aliphatic carbocycles. The van der Waals surface area contributed by atoms with Crippen LogP contribution in [0.1, 0.15) is 4.88 Å². The summed E-state index contributed by atoms with van der Waals surface area (Å²) in [5.41, 5.74) is 5.48. The average Bonchev–Trinajstić information content (AvgIpc) is 2.62. The molecule has 0 amide bonds. The highest BCUT2D eigenvalue weighted by atomic mass is 35.5. The fourth-order valence-electron chi connectivity index (χ4n) is 1.08. The normalized spacial score (nSPS) is 10.5. The van der Waals surface area contributed by atoms with Crippen molar-refractivity contribution in [3.63, 3.8) is 0 Å². The highest BCUT2D eigenvalue weighted by Gasteiger charge is 1.99. The number of nitrogen functional groups attached to an aromatic ring is 1. The van der Waals surface area contributed by atoms with E-state index in [-0.39, 0.29) is 0 Å². The maximum Gasteiger partial charge on any atom is 0.141 e. The van der Waals surface area contributed by atoms with E-state index in [1.165, 1.54) is 4.88 Å². The van der Waals surface area contributed by atoms with Crippen LogP contribution < -0.4 is 5.73 Å². The standard InChI is InChI=1S/C8H8ClN3S/c9-7-2-1-6(13-7)3-12-4-8(10)11-5-12/h1-2,4-5H,3,10H2. The second-order valence-corrected chi connectivity index (χ2v) is 4.48. The van der Waals surface area contributed by atoms with E-state index in [0.29, 0.717) is 5.82 Å². The van der Waals surface area contributed by atoms with Crippen molar-refractivity contribution < 1.29 is 0 Å². The summed E-state index contributed by atoms with van der Waals surface area (Å²) < 4.78 is 2.74. The largest absolute Gasteiger partial charge is 0.382 e. The van der Waals surface area contributed by atoms with Gasteiger partial charge in [-0.1, -0.05) is 11.6 Å². The second kappa shape index (κ2) is 3.40. The molecule has 2 N–H and O–H groups in total. The van der Waals surface area contributed by atoms with Crippen LogP contribution in [0.15, 0.2) is 24.7 Å². The first-order chi connectivity index (χ1) is 6.24. The zero-order chi connectivity index (χ0) is 9.26. The number of anilines is 1. The minimum atomic E-state index is 0.544. The Hall–Kier alpha value is -1.00. The number of rotatable bonds is 2. The Kier molecular flexibility index (Phi) is 2.24. The first-order valence-electron chi connectivity index (χ1n) is 3.75. The van der Waals surface area contributed by atoms with Gasteiger partial charge >= 0.3 is 0 Å². The van der Waals surface area contributed by atoms with Crippen LogP contribution in [0, 0.1) is 0 Å². The van der Waals surface area contributed by atoms with Gasteiger partial charge in [0.05, 0.1) is 17.2 Å². The van der Waals surface area contributed by atoms with Crippen LogP contribution in [-0.4, -0.2) is 9.55 Å². The molecule has 68 valence electrons. The van der Waals surface area contributed by atoms with E-state index in [0.717, 1.165) is 10.9 Å². The minimum absolute atomic E-state index is 0.544. The van der Waals surface area contributed by atoms with Gasteiger partial charge in [0, 0.05) is 11.1 Å². The molecule has 0 radical (unpaired) electrons. The molecule has 3 nitrogen and oxygen atoms in total. The molecule has 0 saturated heterocycles. The van der Waals surface area contributed by atoms with Gasteiger partial charge in [0.2, 0.25) is 0 Å². The first-order valence-corrected chi connectivity index (χ1v) is 4.95. The molecule has 2 heterocycles. The highest BCUT2D eigenvalue weighted by Crippen LogP contribution is 2.22. The minimum Gasteiger partial charge on any atom is -0.382 e. The maximum absolute atomic E-state index is 5.80. The molecule has 2 aromatic rings. The lowest BCUT2D eigenvalue weighted by molar-refractivity contribution is 0.810. The van der Waals surface area contributed by atoms with E-state index in [1.54, 1.807) is 23.9 Å². The SMILES string of the molecule is Nc1cn(Cc2ccc(Cl)s2)cn1. The molecule has 5 heteroatoms. The number of nitrogens with zero attached hydrogens (tertiary/aromatic N) is 2. The molecule has 2 rings (SSSR count). The highest BCUT2D eigenvalue weighted by molar-refractivity contribution is 7.16. The van der Waals surface area contributed by atoms with Gasteiger partial charge in [-0.05, 0) is 12.1 Å². The van der Waals surface area contributed by atoms with Gasteiger partial charge in [0.1, 0.15) is 5.82 Å². The number of aromatic nitrogens is 2. The predicted molar refractivity (Wildman–Crippen MR) is 55.1 cm³/mol. The third-order valence-corrected chi connectivity index (χ3v) is 2.84. The Balaban J connectivity index is 2.14. The van der Waals surface area contributed by atoms with E-state index in [2.05, 4.69) is 4.98 Å². The van der Waals surface area contributed by atoms with Crippen LogP contribution in [0.3, 0.4) is 0 Å². The van der Waals surface area contributed by atoms with E-state index in [4.69, 9.17) is 17.3 Å². The number of thiophene rings is 1. The molecule has 0 aliphatic heterocycles. The molecule has 0 saturated carbocycles. The Bertz CT molecular complexity index is 369. The van der Waals surface area contributed by atoms with Crippen LogP contribution in [0.4, 0.5) is 5.82 Å². The number of imidazole rings is 1. The summed E-state index contributed by atoms with van der Waals surface area (Å²) in [6, 6.07) is 3.89. The van der Waals surface area contributed by atoms with Gasteiger partial charge in [-0.3, -0.25) is 0 Å². The number of halogens is 1. The molecule has 0 fully saturated rings. The maximum atomic E-state index is 5.80. The van der Waals surface area contributed by atoms with Gasteiger partial charge in [-0.25, -0.2) is 4.98 Å². The van der Waals surface area contributed by atoms with Crippen LogP contribution >= 0.6 is 22.9 Å². The molecular weight excluding hydrogens is 206 g/mol. The lowest BCUT2D eigenvalue weighted by Gasteiger charge is -1.96. The van der Waals surface area contributed by atoms with Crippen molar-refractivity contribution in [3.8, 4) is 0 Å². The zero-order valence-corrected chi connectivity index (χ0v) is 8.35. The summed E-state index contributed by atoms with van der Waals surface area (Å²) in [6.07, 6.45) is 3.51. The van der Waals surface area contributed by atoms with Crippen molar-refractivity contribution >= 4 is 28.8 Å². The Labute approximate surface area is 84.8 Å². The topological polar surface area (TPSA) is 43.8 Å². The third-order valence-electron chi connectivity index (χ3n) is 1.62. The quantitative estimate of drug-likeness (QED) is 0.832. The van der Waals surface area contributed by atoms with Crippen molar-refractivity contribution in [1.82, 2.24) is 9.55 Å². The number of nitrogens with two attached hydrogens (primary N) is 1. The summed E-state index contributed by atoms with van der Waals surface area (Å²) in [5.74, 6) is 0.544. The predicted octanol–water partition coefficient (Wildman–Crippen LogP) is 2.23. The second-order valence-electron chi connectivity index (χ2n) is 2.68. The molecule has 2 aromatic heterocycles. The van der Waals surface area contributed by atoms with Crippen molar-refractivity contribution in [2.75, 3.05) is 5.73 Å². The third kappa shape index (κ3) is 2.02. The molecule has 0 aliphatic rings. The number of hydrogen-bond acceptors (Lipinski definition) is 3. The van der Waals surface area contributed by atoms with Crippen LogP contribution in [0.25, 0.3) is 0 Å². The van der Waals surface area contributed by atoms with Crippen molar-refractivity contribution in [3.05, 3.63) is 33.9 Å². The lowest BCUT2D eigenvalue weighted by Crippen LogP contribution is -1.93. The summed E-state index contributed by atoms with van der Waals surface area (Å²) in [5, 5.41) is 0. The van der Waals surface area contributed by atoms with Crippen LogP contribution in [-0.2, 0) is 6.54 Å². The van der Waals surface area contributed by atoms with Crippen molar-refractivity contribution in [2.45, 2.75) is 6.54 Å². The summed E-state index contributed by atoms with van der Waals surface area (Å²) in [4.78, 5) is 5.13. The summed E-state index contributed by atoms with van der Waals surface area (Å²) >= 11 is 7.37. The van der Waals surface area contributed by atoms with Crippen LogP contribution in [0.5, 0.6) is 0 Å². The first kappa shape index (κ1) is 8.59. The lowest BCUT2D eigenvalue weighted by atomic mass is 10.4.